The lowest BCUT2D eigenvalue weighted by Gasteiger charge is -2.20. The van der Waals surface area contributed by atoms with Crippen LogP contribution in [0.4, 0.5) is 4.39 Å². The summed E-state index contributed by atoms with van der Waals surface area (Å²) in [6.45, 7) is 7.78. The predicted molar refractivity (Wildman–Crippen MR) is 123 cm³/mol. The Labute approximate surface area is 184 Å². The smallest absolute Gasteiger partial charge is 0.165 e. The highest BCUT2D eigenvalue weighted by Crippen LogP contribution is 2.26. The van der Waals surface area contributed by atoms with Gasteiger partial charge in [-0.3, -0.25) is 0 Å². The van der Waals surface area contributed by atoms with Crippen molar-refractivity contribution in [3.63, 3.8) is 0 Å². The number of hydrogen-bond acceptors (Lipinski definition) is 3. The van der Waals surface area contributed by atoms with Crippen molar-refractivity contribution in [2.24, 2.45) is 5.41 Å². The number of rotatable bonds is 10. The summed E-state index contributed by atoms with van der Waals surface area (Å²) in [5, 5.41) is 0. The van der Waals surface area contributed by atoms with Crippen molar-refractivity contribution >= 4 is 6.08 Å². The molecule has 0 saturated carbocycles. The van der Waals surface area contributed by atoms with E-state index in [1.54, 1.807) is 24.3 Å². The van der Waals surface area contributed by atoms with Crippen molar-refractivity contribution in [3.05, 3.63) is 95.8 Å². The quantitative estimate of drug-likeness (QED) is 0.345. The highest BCUT2D eigenvalue weighted by Gasteiger charge is 2.14. The van der Waals surface area contributed by atoms with E-state index in [1.807, 2.05) is 49.4 Å². The lowest BCUT2D eigenvalue weighted by molar-refractivity contribution is 0.0719. The van der Waals surface area contributed by atoms with E-state index >= 15 is 0 Å². The molecule has 0 fully saturated rings. The zero-order valence-corrected chi connectivity index (χ0v) is 18.3. The van der Waals surface area contributed by atoms with Crippen molar-refractivity contribution in [2.75, 3.05) is 13.2 Å². The van der Waals surface area contributed by atoms with Gasteiger partial charge in [0.25, 0.3) is 0 Å². The highest BCUT2D eigenvalue weighted by molar-refractivity contribution is 5.51. The van der Waals surface area contributed by atoms with Gasteiger partial charge in [0.1, 0.15) is 11.5 Å². The Bertz CT molecular complexity index is 979. The van der Waals surface area contributed by atoms with Gasteiger partial charge < -0.3 is 14.2 Å². The summed E-state index contributed by atoms with van der Waals surface area (Å²) in [7, 11) is 0. The standard InChI is InChI=1S/C27H29FO3/c1-4-30-23-13-10-21(11-14-23)16-17-27(2,3)20-29-19-22-12-15-25(28)26(18-22)31-24-8-6-5-7-9-24/h5-18H,4,19-20H2,1-3H3. The van der Waals surface area contributed by atoms with Crippen LogP contribution in [0.3, 0.4) is 0 Å². The molecule has 0 bridgehead atoms. The van der Waals surface area contributed by atoms with E-state index in [2.05, 4.69) is 26.0 Å². The molecule has 162 valence electrons. The van der Waals surface area contributed by atoms with Crippen molar-refractivity contribution in [3.8, 4) is 17.2 Å². The molecule has 3 aromatic rings. The molecule has 0 unspecified atom stereocenters. The summed E-state index contributed by atoms with van der Waals surface area (Å²) in [6.07, 6.45) is 4.22. The molecule has 3 rings (SSSR count). The zero-order valence-electron chi connectivity index (χ0n) is 18.3. The Morgan fingerprint density at radius 1 is 0.903 bits per heavy atom. The lowest BCUT2D eigenvalue weighted by atomic mass is 9.93. The summed E-state index contributed by atoms with van der Waals surface area (Å²) >= 11 is 0. The largest absolute Gasteiger partial charge is 0.494 e. The van der Waals surface area contributed by atoms with E-state index in [-0.39, 0.29) is 11.2 Å². The molecule has 0 spiro atoms. The topological polar surface area (TPSA) is 27.7 Å². The minimum Gasteiger partial charge on any atom is -0.494 e. The minimum absolute atomic E-state index is 0.151. The van der Waals surface area contributed by atoms with Crippen LogP contribution in [-0.2, 0) is 11.3 Å². The molecule has 0 heterocycles. The molecule has 0 aliphatic carbocycles. The number of benzene rings is 3. The maximum absolute atomic E-state index is 14.1. The average molecular weight is 421 g/mol. The third-order valence-corrected chi connectivity index (χ3v) is 4.63. The summed E-state index contributed by atoms with van der Waals surface area (Å²) in [6, 6.07) is 22.0. The first-order valence-corrected chi connectivity index (χ1v) is 10.5. The fraction of sp³-hybridized carbons (Fsp3) is 0.259. The molecule has 0 saturated heterocycles. The van der Waals surface area contributed by atoms with E-state index in [4.69, 9.17) is 14.2 Å². The van der Waals surface area contributed by atoms with E-state index in [0.29, 0.717) is 25.6 Å². The Kier molecular flexibility index (Phi) is 7.85. The Morgan fingerprint density at radius 3 is 2.35 bits per heavy atom. The molecule has 0 atom stereocenters. The molecule has 0 amide bonds. The molecular formula is C27H29FO3. The molecule has 0 radical (unpaired) electrons. The SMILES string of the molecule is CCOc1ccc(C=CC(C)(C)COCc2ccc(F)c(Oc3ccccc3)c2)cc1. The van der Waals surface area contributed by atoms with Crippen molar-refractivity contribution in [2.45, 2.75) is 27.4 Å². The van der Waals surface area contributed by atoms with Gasteiger partial charge in [-0.25, -0.2) is 4.39 Å². The number of hydrogen-bond donors (Lipinski definition) is 0. The van der Waals surface area contributed by atoms with Gasteiger partial charge in [-0.15, -0.1) is 0 Å². The highest BCUT2D eigenvalue weighted by atomic mass is 19.1. The third-order valence-electron chi connectivity index (χ3n) is 4.63. The van der Waals surface area contributed by atoms with Crippen LogP contribution in [0.2, 0.25) is 0 Å². The number of ether oxygens (including phenoxy) is 3. The Hall–Kier alpha value is -3.11. The molecule has 3 aromatic carbocycles. The Balaban J connectivity index is 1.54. The van der Waals surface area contributed by atoms with Crippen LogP contribution in [0.1, 0.15) is 31.9 Å². The summed E-state index contributed by atoms with van der Waals surface area (Å²) in [5.41, 5.74) is 1.82. The van der Waals surface area contributed by atoms with Crippen LogP contribution in [-0.4, -0.2) is 13.2 Å². The molecular weight excluding hydrogens is 391 g/mol. The average Bonchev–Trinajstić information content (AvgIpc) is 2.76. The zero-order chi connectivity index (χ0) is 22.1. The first-order valence-electron chi connectivity index (χ1n) is 10.5. The third kappa shape index (κ3) is 7.26. The Morgan fingerprint density at radius 2 is 1.65 bits per heavy atom. The molecule has 0 aliphatic heterocycles. The van der Waals surface area contributed by atoms with Crippen LogP contribution < -0.4 is 9.47 Å². The predicted octanol–water partition coefficient (Wildman–Crippen LogP) is 7.27. The van der Waals surface area contributed by atoms with Gasteiger partial charge in [-0.05, 0) is 54.4 Å². The van der Waals surface area contributed by atoms with E-state index in [1.165, 1.54) is 6.07 Å². The van der Waals surface area contributed by atoms with Crippen LogP contribution in [0.25, 0.3) is 6.08 Å². The maximum Gasteiger partial charge on any atom is 0.165 e. The second kappa shape index (κ2) is 10.8. The maximum atomic E-state index is 14.1. The van der Waals surface area contributed by atoms with Gasteiger partial charge in [-0.1, -0.05) is 62.4 Å². The second-order valence-corrected chi connectivity index (χ2v) is 8.00. The van der Waals surface area contributed by atoms with Crippen LogP contribution in [0, 0.1) is 11.2 Å². The van der Waals surface area contributed by atoms with E-state index in [9.17, 15) is 4.39 Å². The summed E-state index contributed by atoms with van der Waals surface area (Å²) < 4.78 is 31.2. The number of halogens is 1. The summed E-state index contributed by atoms with van der Waals surface area (Å²) in [5.74, 6) is 1.27. The first-order chi connectivity index (χ1) is 14.9. The van der Waals surface area contributed by atoms with Gasteiger partial charge in [-0.2, -0.15) is 0 Å². The van der Waals surface area contributed by atoms with Crippen LogP contribution in [0.15, 0.2) is 78.9 Å². The van der Waals surface area contributed by atoms with Gasteiger partial charge in [0, 0.05) is 5.41 Å². The fourth-order valence-electron chi connectivity index (χ4n) is 2.97. The molecule has 3 nitrogen and oxygen atoms in total. The molecule has 4 heteroatoms. The van der Waals surface area contributed by atoms with Crippen LogP contribution in [0.5, 0.6) is 17.2 Å². The van der Waals surface area contributed by atoms with E-state index < -0.39 is 5.82 Å². The van der Waals surface area contributed by atoms with Crippen LogP contribution >= 0.6 is 0 Å². The molecule has 0 aliphatic rings. The lowest BCUT2D eigenvalue weighted by Crippen LogP contribution is -2.16. The monoisotopic (exact) mass is 420 g/mol. The summed E-state index contributed by atoms with van der Waals surface area (Å²) in [4.78, 5) is 0. The van der Waals surface area contributed by atoms with Crippen molar-refractivity contribution in [1.29, 1.82) is 0 Å². The first kappa shape index (κ1) is 22.6. The van der Waals surface area contributed by atoms with Gasteiger partial charge >= 0.3 is 0 Å². The number of para-hydroxylation sites is 1. The van der Waals surface area contributed by atoms with Crippen molar-refractivity contribution < 1.29 is 18.6 Å². The minimum atomic E-state index is -0.397. The van der Waals surface area contributed by atoms with Gasteiger partial charge in [0.2, 0.25) is 0 Å². The van der Waals surface area contributed by atoms with Crippen molar-refractivity contribution in [1.82, 2.24) is 0 Å². The second-order valence-electron chi connectivity index (χ2n) is 8.00. The van der Waals surface area contributed by atoms with Gasteiger partial charge in [0.15, 0.2) is 11.6 Å². The molecule has 31 heavy (non-hydrogen) atoms. The van der Waals surface area contributed by atoms with Gasteiger partial charge in [0.05, 0.1) is 19.8 Å². The normalized spacial score (nSPS) is 11.6. The van der Waals surface area contributed by atoms with E-state index in [0.717, 1.165) is 16.9 Å². The molecule has 0 aromatic heterocycles. The fourth-order valence-corrected chi connectivity index (χ4v) is 2.97. The molecule has 0 N–H and O–H groups in total.